The largest absolute Gasteiger partial charge is 0.402 e. The second kappa shape index (κ2) is 5.97. The number of nitro benzene ring substituents is 1. The Morgan fingerprint density at radius 2 is 2.17 bits per heavy atom. The molecule has 0 aromatic heterocycles. The van der Waals surface area contributed by atoms with Crippen molar-refractivity contribution in [2.24, 2.45) is 5.73 Å². The van der Waals surface area contributed by atoms with Gasteiger partial charge in [-0.05, 0) is 6.07 Å². The SMILES string of the molecule is C=C(Sc1ccccc1[N+](=O)[O-])C(=N)/C(F)=C\N. The Hall–Kier alpha value is -2.15. The maximum Gasteiger partial charge on any atom is 0.283 e. The van der Waals surface area contributed by atoms with Crippen molar-refractivity contribution in [1.29, 1.82) is 5.41 Å². The van der Waals surface area contributed by atoms with Crippen LogP contribution in [0.2, 0.25) is 0 Å². The molecule has 1 rings (SSSR count). The normalized spacial score (nSPS) is 11.1. The zero-order valence-electron chi connectivity index (χ0n) is 9.22. The van der Waals surface area contributed by atoms with Crippen LogP contribution in [0.4, 0.5) is 10.1 Å². The molecule has 0 atom stereocenters. The number of rotatable bonds is 5. The van der Waals surface area contributed by atoms with Gasteiger partial charge < -0.3 is 5.73 Å². The van der Waals surface area contributed by atoms with E-state index in [4.69, 9.17) is 11.1 Å². The van der Waals surface area contributed by atoms with Crippen LogP contribution in [0.5, 0.6) is 0 Å². The van der Waals surface area contributed by atoms with Gasteiger partial charge in [0, 0.05) is 17.2 Å². The van der Waals surface area contributed by atoms with Gasteiger partial charge in [-0.25, -0.2) is 4.39 Å². The van der Waals surface area contributed by atoms with Crippen LogP contribution < -0.4 is 5.73 Å². The highest BCUT2D eigenvalue weighted by Crippen LogP contribution is 2.34. The molecule has 3 N–H and O–H groups in total. The monoisotopic (exact) mass is 267 g/mol. The van der Waals surface area contributed by atoms with E-state index >= 15 is 0 Å². The van der Waals surface area contributed by atoms with Crippen molar-refractivity contribution in [2.45, 2.75) is 4.90 Å². The first-order valence-corrected chi connectivity index (χ1v) is 5.56. The fraction of sp³-hybridized carbons (Fsp3) is 0. The second-order valence-corrected chi connectivity index (χ2v) is 4.28. The van der Waals surface area contributed by atoms with E-state index in [0.717, 1.165) is 11.8 Å². The Morgan fingerprint density at radius 1 is 1.56 bits per heavy atom. The fourth-order valence-electron chi connectivity index (χ4n) is 1.09. The second-order valence-electron chi connectivity index (χ2n) is 3.14. The maximum absolute atomic E-state index is 13.0. The minimum Gasteiger partial charge on any atom is -0.402 e. The van der Waals surface area contributed by atoms with Crippen LogP contribution in [0.1, 0.15) is 0 Å². The Balaban J connectivity index is 2.96. The molecule has 0 spiro atoms. The molecule has 0 amide bonds. The fourth-order valence-corrected chi connectivity index (χ4v) is 1.95. The van der Waals surface area contributed by atoms with Crippen LogP contribution >= 0.6 is 11.8 Å². The topological polar surface area (TPSA) is 93.0 Å². The van der Waals surface area contributed by atoms with Gasteiger partial charge in [0.2, 0.25) is 0 Å². The summed E-state index contributed by atoms with van der Waals surface area (Å²) < 4.78 is 13.0. The molecule has 0 saturated heterocycles. The van der Waals surface area contributed by atoms with Gasteiger partial charge in [-0.2, -0.15) is 0 Å². The van der Waals surface area contributed by atoms with Crippen LogP contribution in [-0.2, 0) is 0 Å². The lowest BCUT2D eigenvalue weighted by molar-refractivity contribution is -0.387. The Morgan fingerprint density at radius 3 is 2.72 bits per heavy atom. The first kappa shape index (κ1) is 13.9. The summed E-state index contributed by atoms with van der Waals surface area (Å²) in [6.45, 7) is 3.50. The number of hydrogen-bond acceptors (Lipinski definition) is 5. The van der Waals surface area contributed by atoms with Crippen LogP contribution in [0, 0.1) is 15.5 Å². The molecule has 0 radical (unpaired) electrons. The van der Waals surface area contributed by atoms with Gasteiger partial charge >= 0.3 is 0 Å². The minimum absolute atomic E-state index is 0.0449. The zero-order valence-corrected chi connectivity index (χ0v) is 10.0. The quantitative estimate of drug-likeness (QED) is 0.371. The molecule has 0 unspecified atom stereocenters. The molecule has 5 nitrogen and oxygen atoms in total. The molecule has 1 aromatic rings. The molecule has 0 bridgehead atoms. The molecule has 7 heteroatoms. The summed E-state index contributed by atoms with van der Waals surface area (Å²) in [5, 5.41) is 18.2. The molecule has 1 aromatic carbocycles. The number of nitrogens with one attached hydrogen (secondary N) is 1. The number of allylic oxidation sites excluding steroid dienone is 2. The van der Waals surface area contributed by atoms with Crippen LogP contribution in [-0.4, -0.2) is 10.6 Å². The van der Waals surface area contributed by atoms with Gasteiger partial charge in [0.25, 0.3) is 5.69 Å². The number of hydrogen-bond donors (Lipinski definition) is 2. The molecular formula is C11H10FN3O2S. The Kier molecular flexibility index (Phi) is 4.61. The highest BCUT2D eigenvalue weighted by atomic mass is 32.2. The summed E-state index contributed by atoms with van der Waals surface area (Å²) in [6, 6.07) is 5.97. The van der Waals surface area contributed by atoms with Crippen molar-refractivity contribution in [1.82, 2.24) is 0 Å². The maximum atomic E-state index is 13.0. The molecular weight excluding hydrogens is 257 g/mol. The van der Waals surface area contributed by atoms with Crippen molar-refractivity contribution >= 4 is 23.2 Å². The van der Waals surface area contributed by atoms with Crippen molar-refractivity contribution in [3.63, 3.8) is 0 Å². The molecule has 0 heterocycles. The number of para-hydroxylation sites is 1. The Bertz CT molecular complexity index is 543. The standard InChI is InChI=1S/C11H10FN3O2S/c1-7(11(14)8(12)6-13)18-10-5-3-2-4-9(10)15(16)17/h2-6,14H,1,13H2/b8-6+,14-11?. The third kappa shape index (κ3) is 3.17. The molecule has 0 saturated carbocycles. The number of nitrogens with two attached hydrogens (primary N) is 1. The predicted molar refractivity (Wildman–Crippen MR) is 69.2 cm³/mol. The van der Waals surface area contributed by atoms with Crippen LogP contribution in [0.15, 0.2) is 52.7 Å². The van der Waals surface area contributed by atoms with E-state index in [1.54, 1.807) is 6.07 Å². The van der Waals surface area contributed by atoms with Gasteiger partial charge in [-0.1, -0.05) is 30.5 Å². The summed E-state index contributed by atoms with van der Waals surface area (Å²) >= 11 is 0.853. The summed E-state index contributed by atoms with van der Waals surface area (Å²) in [5.74, 6) is -0.925. The van der Waals surface area contributed by atoms with Crippen molar-refractivity contribution < 1.29 is 9.31 Å². The van der Waals surface area contributed by atoms with E-state index in [2.05, 4.69) is 6.58 Å². The van der Waals surface area contributed by atoms with E-state index in [1.807, 2.05) is 0 Å². The molecule has 0 aliphatic carbocycles. The van der Waals surface area contributed by atoms with Gasteiger partial charge in [0.05, 0.1) is 9.82 Å². The first-order chi connectivity index (χ1) is 8.47. The van der Waals surface area contributed by atoms with Crippen LogP contribution in [0.3, 0.4) is 0 Å². The minimum atomic E-state index is -0.925. The van der Waals surface area contributed by atoms with Gasteiger partial charge in [0.15, 0.2) is 5.83 Å². The van der Waals surface area contributed by atoms with Crippen molar-refractivity contribution in [2.75, 3.05) is 0 Å². The lowest BCUT2D eigenvalue weighted by atomic mass is 10.3. The number of benzene rings is 1. The number of halogens is 1. The summed E-state index contributed by atoms with van der Waals surface area (Å²) in [6.07, 6.45) is 0.646. The van der Waals surface area contributed by atoms with E-state index in [-0.39, 0.29) is 10.6 Å². The highest BCUT2D eigenvalue weighted by Gasteiger charge is 2.17. The molecule has 0 aliphatic heterocycles. The smallest absolute Gasteiger partial charge is 0.283 e. The first-order valence-electron chi connectivity index (χ1n) is 4.74. The zero-order chi connectivity index (χ0) is 13.7. The average Bonchev–Trinajstić information content (AvgIpc) is 2.37. The van der Waals surface area contributed by atoms with E-state index in [1.165, 1.54) is 18.2 Å². The van der Waals surface area contributed by atoms with E-state index in [0.29, 0.717) is 11.1 Å². The summed E-state index contributed by atoms with van der Waals surface area (Å²) in [7, 11) is 0. The third-order valence-electron chi connectivity index (χ3n) is 1.96. The summed E-state index contributed by atoms with van der Waals surface area (Å²) in [5.41, 5.74) is 4.34. The lowest BCUT2D eigenvalue weighted by Gasteiger charge is -2.05. The third-order valence-corrected chi connectivity index (χ3v) is 2.97. The molecule has 0 fully saturated rings. The number of nitro groups is 1. The number of thioether (sulfide) groups is 1. The van der Waals surface area contributed by atoms with Crippen molar-refractivity contribution in [3.8, 4) is 0 Å². The highest BCUT2D eigenvalue weighted by molar-refractivity contribution is 8.04. The molecule has 18 heavy (non-hydrogen) atoms. The number of nitrogens with zero attached hydrogens (tertiary/aromatic N) is 1. The van der Waals surface area contributed by atoms with Gasteiger partial charge in [-0.3, -0.25) is 15.5 Å². The van der Waals surface area contributed by atoms with Gasteiger partial charge in [-0.15, -0.1) is 0 Å². The molecule has 94 valence electrons. The van der Waals surface area contributed by atoms with Crippen LogP contribution in [0.25, 0.3) is 0 Å². The lowest BCUT2D eigenvalue weighted by Crippen LogP contribution is -2.01. The van der Waals surface area contributed by atoms with E-state index < -0.39 is 16.5 Å². The predicted octanol–water partition coefficient (Wildman–Crippen LogP) is 2.99. The Labute approximate surface area is 107 Å². The van der Waals surface area contributed by atoms with Gasteiger partial charge in [0.1, 0.15) is 5.71 Å². The average molecular weight is 267 g/mol. The van der Waals surface area contributed by atoms with Crippen molar-refractivity contribution in [3.05, 3.63) is 57.9 Å². The van der Waals surface area contributed by atoms with E-state index in [9.17, 15) is 14.5 Å². The summed E-state index contributed by atoms with van der Waals surface area (Å²) in [4.78, 5) is 10.6. The molecule has 0 aliphatic rings.